The molecule has 1 rings (SSSR count). The van der Waals surface area contributed by atoms with Crippen LogP contribution in [0.5, 0.6) is 0 Å². The molecule has 0 unspecified atom stereocenters. The SMILES string of the molecule is COC(=O)c1[c]cc(C(F)(F)F)cc1. The molecule has 0 fully saturated rings. The third kappa shape index (κ3) is 2.25. The molecule has 0 atom stereocenters. The molecule has 0 bridgehead atoms. The van der Waals surface area contributed by atoms with Gasteiger partial charge in [-0.05, 0) is 24.3 Å². The zero-order valence-corrected chi connectivity index (χ0v) is 7.18. The normalized spacial score (nSPS) is 11.1. The molecule has 0 heterocycles. The molecule has 75 valence electrons. The lowest BCUT2D eigenvalue weighted by atomic mass is 10.1. The minimum absolute atomic E-state index is 0.0273. The number of halogens is 3. The van der Waals surface area contributed by atoms with E-state index >= 15 is 0 Å². The fourth-order valence-corrected chi connectivity index (χ4v) is 0.838. The summed E-state index contributed by atoms with van der Waals surface area (Å²) in [5.74, 6) is -0.710. The van der Waals surface area contributed by atoms with E-state index in [1.165, 1.54) is 0 Å². The molecule has 0 aromatic heterocycles. The minimum Gasteiger partial charge on any atom is -0.465 e. The summed E-state index contributed by atoms with van der Waals surface area (Å²) in [6.45, 7) is 0. The maximum Gasteiger partial charge on any atom is 0.416 e. The summed E-state index contributed by atoms with van der Waals surface area (Å²) in [4.78, 5) is 10.8. The molecule has 0 aliphatic rings. The highest BCUT2D eigenvalue weighted by atomic mass is 19.4. The van der Waals surface area contributed by atoms with E-state index in [4.69, 9.17) is 0 Å². The van der Waals surface area contributed by atoms with E-state index in [2.05, 4.69) is 10.8 Å². The second kappa shape index (κ2) is 3.69. The van der Waals surface area contributed by atoms with Gasteiger partial charge in [0.1, 0.15) is 0 Å². The maximum atomic E-state index is 12.1. The summed E-state index contributed by atoms with van der Waals surface area (Å²) >= 11 is 0. The monoisotopic (exact) mass is 203 g/mol. The number of esters is 1. The number of hydrogen-bond acceptors (Lipinski definition) is 2. The van der Waals surface area contributed by atoms with Gasteiger partial charge < -0.3 is 4.74 Å². The first-order valence-corrected chi connectivity index (χ1v) is 3.62. The van der Waals surface area contributed by atoms with Crippen molar-refractivity contribution in [1.82, 2.24) is 0 Å². The van der Waals surface area contributed by atoms with Crippen LogP contribution in [-0.4, -0.2) is 13.1 Å². The van der Waals surface area contributed by atoms with Gasteiger partial charge in [0.15, 0.2) is 0 Å². The first kappa shape index (κ1) is 10.6. The molecule has 2 nitrogen and oxygen atoms in total. The number of benzene rings is 1. The molecule has 0 aliphatic heterocycles. The highest BCUT2D eigenvalue weighted by Crippen LogP contribution is 2.28. The molecule has 0 saturated heterocycles. The average Bonchev–Trinajstić information content (AvgIpc) is 2.15. The summed E-state index contributed by atoms with van der Waals surface area (Å²) in [5, 5.41) is 0. The Morgan fingerprint density at radius 2 is 2.07 bits per heavy atom. The molecule has 0 aliphatic carbocycles. The van der Waals surface area contributed by atoms with Crippen molar-refractivity contribution in [3.05, 3.63) is 35.4 Å². The van der Waals surface area contributed by atoms with Crippen molar-refractivity contribution in [1.29, 1.82) is 0 Å². The summed E-state index contributed by atoms with van der Waals surface area (Å²) in [6.07, 6.45) is -4.41. The van der Waals surface area contributed by atoms with Gasteiger partial charge in [-0.2, -0.15) is 13.2 Å². The summed E-state index contributed by atoms with van der Waals surface area (Å²) in [5.41, 5.74) is -0.870. The van der Waals surface area contributed by atoms with Crippen molar-refractivity contribution in [3.8, 4) is 0 Å². The van der Waals surface area contributed by atoms with Crippen LogP contribution in [0.4, 0.5) is 13.2 Å². The zero-order valence-electron chi connectivity index (χ0n) is 7.18. The second-order valence-electron chi connectivity index (χ2n) is 2.48. The number of methoxy groups -OCH3 is 1. The quantitative estimate of drug-likeness (QED) is 0.654. The van der Waals surface area contributed by atoms with E-state index in [-0.39, 0.29) is 5.56 Å². The number of carbonyl (C=O) groups is 1. The van der Waals surface area contributed by atoms with Gasteiger partial charge in [-0.25, -0.2) is 4.79 Å². The molecule has 0 spiro atoms. The highest BCUT2D eigenvalue weighted by molar-refractivity contribution is 5.88. The molecule has 0 N–H and O–H groups in total. The van der Waals surface area contributed by atoms with Crippen LogP contribution in [0, 0.1) is 6.07 Å². The number of carbonyl (C=O) groups excluding carboxylic acids is 1. The largest absolute Gasteiger partial charge is 0.465 e. The lowest BCUT2D eigenvalue weighted by Gasteiger charge is -2.06. The number of rotatable bonds is 1. The Labute approximate surface area is 78.3 Å². The van der Waals surface area contributed by atoms with Gasteiger partial charge in [0.05, 0.1) is 18.2 Å². The van der Waals surface area contributed by atoms with Gasteiger partial charge in [-0.1, -0.05) is 0 Å². The molecule has 1 aromatic rings. The Bertz CT molecular complexity index is 327. The Kier molecular flexibility index (Phi) is 2.78. The van der Waals surface area contributed by atoms with Crippen molar-refractivity contribution >= 4 is 5.97 Å². The van der Waals surface area contributed by atoms with Gasteiger partial charge in [-0.3, -0.25) is 0 Å². The lowest BCUT2D eigenvalue weighted by molar-refractivity contribution is -0.137. The van der Waals surface area contributed by atoms with Gasteiger partial charge >= 0.3 is 12.1 Å². The van der Waals surface area contributed by atoms with Gasteiger partial charge in [-0.15, -0.1) is 0 Å². The van der Waals surface area contributed by atoms with Gasteiger partial charge in [0, 0.05) is 0 Å². The van der Waals surface area contributed by atoms with E-state index in [9.17, 15) is 18.0 Å². The van der Waals surface area contributed by atoms with Crippen molar-refractivity contribution in [2.75, 3.05) is 7.11 Å². The maximum absolute atomic E-state index is 12.1. The molecule has 1 aromatic carbocycles. The van der Waals surface area contributed by atoms with Crippen LogP contribution in [-0.2, 0) is 10.9 Å². The summed E-state index contributed by atoms with van der Waals surface area (Å²) in [6, 6.07) is 4.74. The third-order valence-electron chi connectivity index (χ3n) is 1.55. The van der Waals surface area contributed by atoms with Crippen molar-refractivity contribution in [2.45, 2.75) is 6.18 Å². The molecular formula is C9H6F3O2. The first-order valence-electron chi connectivity index (χ1n) is 3.62. The molecule has 5 heteroatoms. The Morgan fingerprint density at radius 1 is 1.43 bits per heavy atom. The standard InChI is InChI=1S/C9H6F3O2/c1-14-8(13)6-2-4-7(5-3-6)9(10,11)12/h2,4-5H,1H3. The van der Waals surface area contributed by atoms with Gasteiger partial charge in [0.25, 0.3) is 0 Å². The second-order valence-corrected chi connectivity index (χ2v) is 2.48. The van der Waals surface area contributed by atoms with Crippen LogP contribution in [0.2, 0.25) is 0 Å². The minimum atomic E-state index is -4.41. The average molecular weight is 203 g/mol. The van der Waals surface area contributed by atoms with E-state index in [0.29, 0.717) is 6.07 Å². The molecule has 14 heavy (non-hydrogen) atoms. The lowest BCUT2D eigenvalue weighted by Crippen LogP contribution is -2.06. The molecule has 0 saturated carbocycles. The first-order chi connectivity index (χ1) is 6.45. The van der Waals surface area contributed by atoms with E-state index in [0.717, 1.165) is 19.2 Å². The van der Waals surface area contributed by atoms with Crippen LogP contribution in [0.1, 0.15) is 15.9 Å². The Morgan fingerprint density at radius 3 is 2.43 bits per heavy atom. The Hall–Kier alpha value is -1.52. The molecule has 0 amide bonds. The number of alkyl halides is 3. The topological polar surface area (TPSA) is 26.3 Å². The van der Waals surface area contributed by atoms with Crippen LogP contribution < -0.4 is 0 Å². The third-order valence-corrected chi connectivity index (χ3v) is 1.55. The van der Waals surface area contributed by atoms with E-state index in [1.807, 2.05) is 0 Å². The molecule has 1 radical (unpaired) electrons. The van der Waals surface area contributed by atoms with Crippen LogP contribution in [0.3, 0.4) is 0 Å². The predicted octanol–water partition coefficient (Wildman–Crippen LogP) is 2.29. The van der Waals surface area contributed by atoms with Crippen LogP contribution in [0.15, 0.2) is 18.2 Å². The van der Waals surface area contributed by atoms with E-state index in [1.54, 1.807) is 0 Å². The summed E-state index contributed by atoms with van der Waals surface area (Å²) in [7, 11) is 1.15. The fourth-order valence-electron chi connectivity index (χ4n) is 0.838. The van der Waals surface area contributed by atoms with Crippen molar-refractivity contribution < 1.29 is 22.7 Å². The Balaban J connectivity index is 2.95. The highest BCUT2D eigenvalue weighted by Gasteiger charge is 2.30. The molecular weight excluding hydrogens is 197 g/mol. The van der Waals surface area contributed by atoms with Crippen LogP contribution in [0.25, 0.3) is 0 Å². The fraction of sp³-hybridized carbons (Fsp3) is 0.222. The smallest absolute Gasteiger partial charge is 0.416 e. The number of hydrogen-bond donors (Lipinski definition) is 0. The van der Waals surface area contributed by atoms with Crippen molar-refractivity contribution in [2.24, 2.45) is 0 Å². The van der Waals surface area contributed by atoms with Gasteiger partial charge in [0.2, 0.25) is 0 Å². The number of ether oxygens (including phenoxy) is 1. The van der Waals surface area contributed by atoms with E-state index < -0.39 is 17.7 Å². The summed E-state index contributed by atoms with van der Waals surface area (Å²) < 4.78 is 40.5. The predicted molar refractivity (Wildman–Crippen MR) is 41.6 cm³/mol. The van der Waals surface area contributed by atoms with Crippen molar-refractivity contribution in [3.63, 3.8) is 0 Å². The zero-order chi connectivity index (χ0) is 10.8. The van der Waals surface area contributed by atoms with Crippen LogP contribution >= 0.6 is 0 Å².